The molecule has 1 unspecified atom stereocenters. The third-order valence-electron chi connectivity index (χ3n) is 3.21. The van der Waals surface area contributed by atoms with E-state index in [9.17, 15) is 4.79 Å². The number of carbonyl (C=O) groups excluding carboxylic acids is 1. The number of hydrogen-bond donors (Lipinski definition) is 1. The normalized spacial score (nSPS) is 18.0. The van der Waals surface area contributed by atoms with Gasteiger partial charge in [-0.1, -0.05) is 0 Å². The van der Waals surface area contributed by atoms with E-state index in [0.717, 1.165) is 32.1 Å². The van der Waals surface area contributed by atoms with Crippen LogP contribution in [0, 0.1) is 0 Å². The summed E-state index contributed by atoms with van der Waals surface area (Å²) in [5.41, 5.74) is 0. The first-order valence-electron chi connectivity index (χ1n) is 6.49. The van der Waals surface area contributed by atoms with Gasteiger partial charge in [-0.3, -0.25) is 4.90 Å². The Labute approximate surface area is 113 Å². The molecule has 1 atom stereocenters. The number of nitrogens with zero attached hydrogens (tertiary/aromatic N) is 2. The predicted molar refractivity (Wildman–Crippen MR) is 70.9 cm³/mol. The smallest absolute Gasteiger partial charge is 0.316 e. The lowest BCUT2D eigenvalue weighted by atomic mass is 10.1. The maximum absolute atomic E-state index is 11.6. The lowest BCUT2D eigenvalue weighted by Gasteiger charge is -2.33. The second-order valence-corrected chi connectivity index (χ2v) is 4.76. The lowest BCUT2D eigenvalue weighted by molar-refractivity contribution is 0.0121. The molecular weight excluding hydrogens is 246 g/mol. The number of morpholine rings is 1. The van der Waals surface area contributed by atoms with Crippen LogP contribution in [-0.4, -0.2) is 62.8 Å². The molecule has 1 saturated heterocycles. The van der Waals surface area contributed by atoms with E-state index in [1.54, 1.807) is 20.4 Å². The minimum absolute atomic E-state index is 0.0581. The van der Waals surface area contributed by atoms with Crippen molar-refractivity contribution in [2.24, 2.45) is 0 Å². The van der Waals surface area contributed by atoms with E-state index in [1.807, 2.05) is 12.1 Å². The van der Waals surface area contributed by atoms with Crippen LogP contribution in [0.5, 0.6) is 0 Å². The van der Waals surface area contributed by atoms with Crippen molar-refractivity contribution in [3.63, 3.8) is 0 Å². The Hall–Kier alpha value is -1.53. The number of furan rings is 1. The molecule has 2 heterocycles. The second-order valence-electron chi connectivity index (χ2n) is 4.76. The molecule has 1 aromatic rings. The maximum atomic E-state index is 11.6. The van der Waals surface area contributed by atoms with Gasteiger partial charge in [-0.05, 0) is 12.1 Å². The second kappa shape index (κ2) is 6.58. The van der Waals surface area contributed by atoms with E-state index in [0.29, 0.717) is 6.54 Å². The van der Waals surface area contributed by atoms with Crippen LogP contribution in [0.1, 0.15) is 11.8 Å². The highest BCUT2D eigenvalue weighted by Crippen LogP contribution is 2.21. The number of urea groups is 1. The highest BCUT2D eigenvalue weighted by Gasteiger charge is 2.25. The largest absolute Gasteiger partial charge is 0.468 e. The molecule has 0 spiro atoms. The Balaban J connectivity index is 2.00. The minimum atomic E-state index is -0.0928. The average molecular weight is 267 g/mol. The van der Waals surface area contributed by atoms with Gasteiger partial charge in [0.25, 0.3) is 0 Å². The highest BCUT2D eigenvalue weighted by molar-refractivity contribution is 5.73. The number of nitrogens with one attached hydrogen (secondary N) is 1. The first kappa shape index (κ1) is 13.9. The summed E-state index contributed by atoms with van der Waals surface area (Å²) in [4.78, 5) is 15.4. The molecule has 1 aromatic heterocycles. The topological polar surface area (TPSA) is 58.0 Å². The van der Waals surface area contributed by atoms with Crippen molar-refractivity contribution in [2.45, 2.75) is 6.04 Å². The Morgan fingerprint density at radius 2 is 2.21 bits per heavy atom. The van der Waals surface area contributed by atoms with Crippen molar-refractivity contribution >= 4 is 6.03 Å². The van der Waals surface area contributed by atoms with Crippen molar-refractivity contribution < 1.29 is 13.9 Å². The van der Waals surface area contributed by atoms with E-state index >= 15 is 0 Å². The van der Waals surface area contributed by atoms with E-state index in [2.05, 4.69) is 10.2 Å². The molecule has 6 nitrogen and oxygen atoms in total. The van der Waals surface area contributed by atoms with E-state index in [-0.39, 0.29) is 12.1 Å². The maximum Gasteiger partial charge on any atom is 0.316 e. The van der Waals surface area contributed by atoms with Gasteiger partial charge >= 0.3 is 6.03 Å². The van der Waals surface area contributed by atoms with E-state index in [1.165, 1.54) is 4.90 Å². The zero-order valence-electron chi connectivity index (χ0n) is 11.5. The third kappa shape index (κ3) is 3.71. The van der Waals surface area contributed by atoms with Gasteiger partial charge in [-0.25, -0.2) is 4.79 Å². The fraction of sp³-hybridized carbons (Fsp3) is 0.615. The molecule has 2 amide bonds. The zero-order valence-corrected chi connectivity index (χ0v) is 11.5. The molecule has 1 N–H and O–H groups in total. The molecule has 1 aliphatic heterocycles. The van der Waals surface area contributed by atoms with Gasteiger partial charge in [0.15, 0.2) is 0 Å². The van der Waals surface area contributed by atoms with Crippen LogP contribution in [0.15, 0.2) is 22.8 Å². The number of amides is 2. The molecular formula is C13H21N3O3. The van der Waals surface area contributed by atoms with E-state index in [4.69, 9.17) is 9.15 Å². The Kier molecular flexibility index (Phi) is 4.81. The van der Waals surface area contributed by atoms with Crippen LogP contribution >= 0.6 is 0 Å². The molecule has 0 radical (unpaired) electrons. The number of rotatable bonds is 4. The molecule has 0 saturated carbocycles. The van der Waals surface area contributed by atoms with E-state index < -0.39 is 0 Å². The van der Waals surface area contributed by atoms with Crippen LogP contribution in [-0.2, 0) is 4.74 Å². The minimum Gasteiger partial charge on any atom is -0.468 e. The number of ether oxygens (including phenoxy) is 1. The van der Waals surface area contributed by atoms with Gasteiger partial charge in [-0.15, -0.1) is 0 Å². The fourth-order valence-electron chi connectivity index (χ4n) is 2.12. The predicted octanol–water partition coefficient (Wildman–Crippen LogP) is 0.924. The number of carbonyl (C=O) groups is 1. The summed E-state index contributed by atoms with van der Waals surface area (Å²) in [6, 6.07) is 3.78. The summed E-state index contributed by atoms with van der Waals surface area (Å²) in [5, 5.41) is 2.91. The molecule has 1 aliphatic rings. The SMILES string of the molecule is CN(C)C(=O)NCC(c1ccco1)N1CCOCC1. The molecule has 0 aromatic carbocycles. The van der Waals surface area contributed by atoms with Crippen LogP contribution < -0.4 is 5.32 Å². The van der Waals surface area contributed by atoms with Crippen LogP contribution in [0.3, 0.4) is 0 Å². The molecule has 2 rings (SSSR count). The highest BCUT2D eigenvalue weighted by atomic mass is 16.5. The summed E-state index contributed by atoms with van der Waals surface area (Å²) >= 11 is 0. The van der Waals surface area contributed by atoms with Gasteiger partial charge in [0.1, 0.15) is 5.76 Å². The monoisotopic (exact) mass is 267 g/mol. The zero-order chi connectivity index (χ0) is 13.7. The van der Waals surface area contributed by atoms with Gasteiger partial charge in [0.2, 0.25) is 0 Å². The third-order valence-corrected chi connectivity index (χ3v) is 3.21. The van der Waals surface area contributed by atoms with Gasteiger partial charge < -0.3 is 19.4 Å². The first-order chi connectivity index (χ1) is 9.18. The van der Waals surface area contributed by atoms with Crippen molar-refractivity contribution in [2.75, 3.05) is 46.9 Å². The molecule has 0 bridgehead atoms. The van der Waals surface area contributed by atoms with Crippen molar-refractivity contribution in [1.82, 2.24) is 15.1 Å². The molecule has 106 valence electrons. The van der Waals surface area contributed by atoms with Crippen molar-refractivity contribution in [3.8, 4) is 0 Å². The molecule has 1 fully saturated rings. The van der Waals surface area contributed by atoms with Crippen molar-refractivity contribution in [1.29, 1.82) is 0 Å². The summed E-state index contributed by atoms with van der Waals surface area (Å²) in [6.07, 6.45) is 1.66. The average Bonchev–Trinajstić information content (AvgIpc) is 2.94. The standard InChI is InChI=1S/C13H21N3O3/c1-15(2)13(17)14-10-11(12-4-3-7-19-12)16-5-8-18-9-6-16/h3-4,7,11H,5-6,8-10H2,1-2H3,(H,14,17). The quantitative estimate of drug-likeness (QED) is 0.881. The summed E-state index contributed by atoms with van der Waals surface area (Å²) in [6.45, 7) is 3.68. The number of hydrogen-bond acceptors (Lipinski definition) is 4. The van der Waals surface area contributed by atoms with Gasteiger partial charge in [-0.2, -0.15) is 0 Å². The molecule has 19 heavy (non-hydrogen) atoms. The Bertz CT molecular complexity index is 386. The van der Waals surface area contributed by atoms with Crippen LogP contribution in [0.25, 0.3) is 0 Å². The first-order valence-corrected chi connectivity index (χ1v) is 6.49. The summed E-state index contributed by atoms with van der Waals surface area (Å²) in [7, 11) is 3.46. The van der Waals surface area contributed by atoms with Crippen LogP contribution in [0.4, 0.5) is 4.79 Å². The Morgan fingerprint density at radius 3 is 2.79 bits per heavy atom. The lowest BCUT2D eigenvalue weighted by Crippen LogP contribution is -2.45. The molecule has 6 heteroatoms. The molecule has 0 aliphatic carbocycles. The summed E-state index contributed by atoms with van der Waals surface area (Å²) in [5.74, 6) is 0.876. The van der Waals surface area contributed by atoms with Gasteiger partial charge in [0, 0.05) is 33.7 Å². The van der Waals surface area contributed by atoms with Crippen molar-refractivity contribution in [3.05, 3.63) is 24.2 Å². The summed E-state index contributed by atoms with van der Waals surface area (Å²) < 4.78 is 10.9. The fourth-order valence-corrected chi connectivity index (χ4v) is 2.12. The van der Waals surface area contributed by atoms with Gasteiger partial charge in [0.05, 0.1) is 25.5 Å². The van der Waals surface area contributed by atoms with Crippen LogP contribution in [0.2, 0.25) is 0 Å². The Morgan fingerprint density at radius 1 is 1.47 bits per heavy atom.